The summed E-state index contributed by atoms with van der Waals surface area (Å²) in [7, 11) is 0. The van der Waals surface area contributed by atoms with Crippen molar-refractivity contribution in [3.8, 4) is 0 Å². The average molecular weight is 346 g/mol. The highest BCUT2D eigenvalue weighted by Crippen LogP contribution is 2.36. The highest BCUT2D eigenvalue weighted by atomic mass is 16.6. The van der Waals surface area contributed by atoms with Crippen molar-refractivity contribution in [1.29, 1.82) is 0 Å². The van der Waals surface area contributed by atoms with Gasteiger partial charge in [0.1, 0.15) is 5.69 Å². The molecule has 2 rings (SSSR count). The van der Waals surface area contributed by atoms with Crippen LogP contribution in [-0.2, 0) is 0 Å². The molecule has 2 aromatic rings. The van der Waals surface area contributed by atoms with Crippen LogP contribution in [0.3, 0.4) is 0 Å². The van der Waals surface area contributed by atoms with Crippen LogP contribution in [0.15, 0.2) is 30.3 Å². The smallest absolute Gasteiger partial charge is 0.300 e. The average Bonchev–Trinajstić information content (AvgIpc) is 2.56. The van der Waals surface area contributed by atoms with Gasteiger partial charge in [-0.15, -0.1) is 0 Å². The number of hydrogen-bond donors (Lipinski definition) is 3. The van der Waals surface area contributed by atoms with Gasteiger partial charge in [0.2, 0.25) is 0 Å². The lowest BCUT2D eigenvalue weighted by atomic mass is 10.1. The van der Waals surface area contributed by atoms with E-state index in [4.69, 9.17) is 5.21 Å². The number of aryl methyl sites for hydroxylation is 2. The minimum atomic E-state index is -1.11. The molecule has 10 heteroatoms. The minimum absolute atomic E-state index is 0.255. The van der Waals surface area contributed by atoms with E-state index in [0.29, 0.717) is 5.69 Å². The number of nitrogens with one attached hydrogen (secondary N) is 2. The van der Waals surface area contributed by atoms with Gasteiger partial charge < -0.3 is 5.32 Å². The molecular weight excluding hydrogens is 332 g/mol. The number of rotatable bonds is 5. The highest BCUT2D eigenvalue weighted by molar-refractivity contribution is 6.03. The number of benzene rings is 2. The number of nitro groups is 2. The second-order valence-electron chi connectivity index (χ2n) is 5.29. The number of nitro benzene ring substituents is 2. The predicted molar refractivity (Wildman–Crippen MR) is 88.2 cm³/mol. The van der Waals surface area contributed by atoms with E-state index in [1.165, 1.54) is 5.48 Å². The molecule has 0 aromatic heterocycles. The Morgan fingerprint density at radius 1 is 1.08 bits per heavy atom. The Morgan fingerprint density at radius 3 is 2.28 bits per heavy atom. The number of amides is 1. The van der Waals surface area contributed by atoms with Crippen molar-refractivity contribution in [1.82, 2.24) is 5.48 Å². The topological polar surface area (TPSA) is 148 Å². The molecule has 0 bridgehead atoms. The largest absolute Gasteiger partial charge is 0.349 e. The first-order chi connectivity index (χ1) is 11.7. The number of non-ortho nitro benzene ring substituents is 1. The summed E-state index contributed by atoms with van der Waals surface area (Å²) >= 11 is 0. The molecule has 25 heavy (non-hydrogen) atoms. The van der Waals surface area contributed by atoms with Gasteiger partial charge >= 0.3 is 0 Å². The molecule has 2 aromatic carbocycles. The van der Waals surface area contributed by atoms with E-state index in [9.17, 15) is 25.0 Å². The van der Waals surface area contributed by atoms with Crippen LogP contribution in [0.5, 0.6) is 0 Å². The van der Waals surface area contributed by atoms with Crippen LogP contribution in [0.2, 0.25) is 0 Å². The van der Waals surface area contributed by atoms with E-state index in [1.54, 1.807) is 19.1 Å². The molecule has 0 aliphatic heterocycles. The van der Waals surface area contributed by atoms with Gasteiger partial charge in [0.25, 0.3) is 17.3 Å². The summed E-state index contributed by atoms with van der Waals surface area (Å²) in [5.41, 5.74) is 1.56. The molecule has 10 nitrogen and oxygen atoms in total. The Balaban J connectivity index is 2.70. The molecule has 1 amide bonds. The van der Waals surface area contributed by atoms with Crippen LogP contribution >= 0.6 is 0 Å². The monoisotopic (exact) mass is 346 g/mol. The van der Waals surface area contributed by atoms with Crippen LogP contribution in [0.1, 0.15) is 21.5 Å². The lowest BCUT2D eigenvalue weighted by Gasteiger charge is -2.13. The first-order valence-corrected chi connectivity index (χ1v) is 7.00. The number of anilines is 2. The summed E-state index contributed by atoms with van der Waals surface area (Å²) in [6.45, 7) is 3.63. The molecule has 0 aliphatic rings. The molecule has 0 unspecified atom stereocenters. The van der Waals surface area contributed by atoms with Gasteiger partial charge in [-0.25, -0.2) is 5.48 Å². The molecule has 130 valence electrons. The number of nitrogens with zero attached hydrogens (tertiary/aromatic N) is 2. The molecular formula is C15H14N4O6. The van der Waals surface area contributed by atoms with Gasteiger partial charge in [-0.2, -0.15) is 0 Å². The van der Waals surface area contributed by atoms with Crippen molar-refractivity contribution < 1.29 is 19.8 Å². The summed E-state index contributed by atoms with van der Waals surface area (Å²) in [6, 6.07) is 6.85. The van der Waals surface area contributed by atoms with Gasteiger partial charge in [-0.3, -0.25) is 30.2 Å². The Hall–Kier alpha value is -3.53. The van der Waals surface area contributed by atoms with Crippen LogP contribution in [-0.4, -0.2) is 21.0 Å². The Bertz CT molecular complexity index is 881. The molecule has 0 radical (unpaired) electrons. The lowest BCUT2D eigenvalue weighted by Crippen LogP contribution is -2.20. The maximum atomic E-state index is 11.9. The van der Waals surface area contributed by atoms with Gasteiger partial charge in [0.15, 0.2) is 0 Å². The molecule has 0 aliphatic carbocycles. The number of carbonyl (C=O) groups is 1. The minimum Gasteiger partial charge on any atom is -0.349 e. The summed E-state index contributed by atoms with van der Waals surface area (Å²) in [4.78, 5) is 32.5. The Morgan fingerprint density at radius 2 is 1.76 bits per heavy atom. The van der Waals surface area contributed by atoms with Crippen molar-refractivity contribution in [2.24, 2.45) is 0 Å². The van der Waals surface area contributed by atoms with Crippen LogP contribution < -0.4 is 10.8 Å². The SMILES string of the molecule is Cc1ccc(Nc2c(C(=O)NO)cc([N+](=O)[O-])cc2[N+](=O)[O-])c(C)c1. The molecule has 0 atom stereocenters. The number of carbonyl (C=O) groups excluding carboxylic acids is 1. The summed E-state index contributed by atoms with van der Waals surface area (Å²) in [5, 5.41) is 33.9. The summed E-state index contributed by atoms with van der Waals surface area (Å²) < 4.78 is 0. The Kier molecular flexibility index (Phi) is 4.94. The molecule has 0 saturated carbocycles. The number of hydroxylamine groups is 1. The second kappa shape index (κ2) is 6.93. The molecule has 0 saturated heterocycles. The van der Waals surface area contributed by atoms with E-state index in [0.717, 1.165) is 23.3 Å². The van der Waals surface area contributed by atoms with Crippen molar-refractivity contribution in [3.05, 3.63) is 67.3 Å². The highest BCUT2D eigenvalue weighted by Gasteiger charge is 2.27. The maximum Gasteiger partial charge on any atom is 0.300 e. The third-order valence-electron chi connectivity index (χ3n) is 3.50. The predicted octanol–water partition coefficient (Wildman–Crippen LogP) is 2.98. The van der Waals surface area contributed by atoms with E-state index in [-0.39, 0.29) is 5.69 Å². The van der Waals surface area contributed by atoms with E-state index in [1.807, 2.05) is 13.0 Å². The number of hydrogen-bond acceptors (Lipinski definition) is 7. The Labute approximate surface area is 141 Å². The van der Waals surface area contributed by atoms with Gasteiger partial charge in [0.05, 0.1) is 21.5 Å². The molecule has 0 spiro atoms. The zero-order valence-corrected chi connectivity index (χ0v) is 13.3. The van der Waals surface area contributed by atoms with E-state index in [2.05, 4.69) is 5.32 Å². The molecule has 0 fully saturated rings. The van der Waals surface area contributed by atoms with Gasteiger partial charge in [-0.05, 0) is 25.5 Å². The first-order valence-electron chi connectivity index (χ1n) is 7.00. The van der Waals surface area contributed by atoms with Gasteiger partial charge in [0, 0.05) is 11.8 Å². The zero-order chi connectivity index (χ0) is 18.7. The third-order valence-corrected chi connectivity index (χ3v) is 3.50. The second-order valence-corrected chi connectivity index (χ2v) is 5.29. The van der Waals surface area contributed by atoms with E-state index >= 15 is 0 Å². The van der Waals surface area contributed by atoms with Crippen LogP contribution in [0, 0.1) is 34.1 Å². The van der Waals surface area contributed by atoms with Crippen LogP contribution in [0.4, 0.5) is 22.7 Å². The van der Waals surface area contributed by atoms with Crippen LogP contribution in [0.25, 0.3) is 0 Å². The zero-order valence-electron chi connectivity index (χ0n) is 13.3. The summed E-state index contributed by atoms with van der Waals surface area (Å²) in [5.74, 6) is -1.11. The molecule has 3 N–H and O–H groups in total. The van der Waals surface area contributed by atoms with Crippen molar-refractivity contribution in [2.45, 2.75) is 13.8 Å². The fraction of sp³-hybridized carbons (Fsp3) is 0.133. The fourth-order valence-corrected chi connectivity index (χ4v) is 2.32. The fourth-order valence-electron chi connectivity index (χ4n) is 2.32. The normalized spacial score (nSPS) is 10.2. The van der Waals surface area contributed by atoms with Crippen molar-refractivity contribution in [2.75, 3.05) is 5.32 Å². The standard InChI is InChI=1S/C15H14N4O6/c1-8-3-4-12(9(2)5-8)16-14-11(15(20)17-21)6-10(18(22)23)7-13(14)19(24)25/h3-7,16,21H,1-2H3,(H,17,20). The van der Waals surface area contributed by atoms with Crippen molar-refractivity contribution in [3.63, 3.8) is 0 Å². The summed E-state index contributed by atoms with van der Waals surface area (Å²) in [6.07, 6.45) is 0. The quantitative estimate of drug-likeness (QED) is 0.428. The first kappa shape index (κ1) is 17.8. The molecule has 0 heterocycles. The third kappa shape index (κ3) is 3.70. The maximum absolute atomic E-state index is 11.9. The lowest BCUT2D eigenvalue weighted by molar-refractivity contribution is -0.393. The van der Waals surface area contributed by atoms with Gasteiger partial charge in [-0.1, -0.05) is 17.7 Å². The van der Waals surface area contributed by atoms with Crippen molar-refractivity contribution >= 4 is 28.7 Å². The van der Waals surface area contributed by atoms with E-state index < -0.39 is 32.7 Å².